The number of anilines is 1. The fraction of sp³-hybridized carbons (Fsp3) is 0.333. The van der Waals surface area contributed by atoms with Gasteiger partial charge in [-0.2, -0.15) is 5.48 Å². The van der Waals surface area contributed by atoms with Crippen LogP contribution in [0.3, 0.4) is 0 Å². The molecule has 1 unspecified atom stereocenters. The van der Waals surface area contributed by atoms with Gasteiger partial charge in [-0.25, -0.2) is 0 Å². The highest BCUT2D eigenvalue weighted by Crippen LogP contribution is 2.36. The van der Waals surface area contributed by atoms with Gasteiger partial charge in [0.25, 0.3) is 17.7 Å². The van der Waals surface area contributed by atoms with E-state index in [1.54, 1.807) is 44.2 Å². The SMILES string of the molecule is Cc1[nH]c(/C=C2\C(=O)Nc3cc(ONC(=O)C4=CC(CN5CCNC5)CC=C4)ccc32)c(C)c1C(=O)NCCC(=O)O. The number of nitrogens with zero attached hydrogens (tertiary/aromatic N) is 1. The van der Waals surface area contributed by atoms with Crippen molar-refractivity contribution in [1.29, 1.82) is 0 Å². The van der Waals surface area contributed by atoms with Crippen molar-refractivity contribution in [3.05, 3.63) is 70.1 Å². The predicted molar refractivity (Wildman–Crippen MR) is 156 cm³/mol. The van der Waals surface area contributed by atoms with Gasteiger partial charge in [-0.15, -0.1) is 0 Å². The van der Waals surface area contributed by atoms with Gasteiger partial charge in [-0.1, -0.05) is 18.2 Å². The van der Waals surface area contributed by atoms with Crippen LogP contribution in [0, 0.1) is 19.8 Å². The summed E-state index contributed by atoms with van der Waals surface area (Å²) >= 11 is 0. The first-order valence-electron chi connectivity index (χ1n) is 13.8. The largest absolute Gasteiger partial charge is 0.481 e. The van der Waals surface area contributed by atoms with E-state index in [9.17, 15) is 19.2 Å². The van der Waals surface area contributed by atoms with E-state index in [2.05, 4.69) is 31.3 Å². The Morgan fingerprint density at radius 1 is 1.21 bits per heavy atom. The molecule has 1 saturated heterocycles. The normalized spacial score (nSPS) is 18.9. The maximum absolute atomic E-state index is 12.9. The minimum absolute atomic E-state index is 0.0146. The molecule has 42 heavy (non-hydrogen) atoms. The van der Waals surface area contributed by atoms with E-state index in [1.807, 2.05) is 12.2 Å². The Balaban J connectivity index is 1.24. The number of allylic oxidation sites excluding steroid dienone is 1. The molecule has 2 aromatic rings. The van der Waals surface area contributed by atoms with Crippen LogP contribution < -0.4 is 26.3 Å². The van der Waals surface area contributed by atoms with Crippen molar-refractivity contribution in [2.45, 2.75) is 26.7 Å². The summed E-state index contributed by atoms with van der Waals surface area (Å²) < 4.78 is 0. The van der Waals surface area contributed by atoms with Crippen molar-refractivity contribution in [1.82, 2.24) is 26.0 Å². The summed E-state index contributed by atoms with van der Waals surface area (Å²) in [6, 6.07) is 5.03. The summed E-state index contributed by atoms with van der Waals surface area (Å²) in [6.07, 6.45) is 8.17. The molecule has 0 radical (unpaired) electrons. The van der Waals surface area contributed by atoms with E-state index in [0.29, 0.717) is 50.7 Å². The highest BCUT2D eigenvalue weighted by atomic mass is 16.7. The number of benzene rings is 1. The maximum Gasteiger partial charge on any atom is 0.305 e. The number of amides is 3. The number of aromatic amines is 1. The predicted octanol–water partition coefficient (Wildman–Crippen LogP) is 2.10. The maximum atomic E-state index is 12.9. The highest BCUT2D eigenvalue weighted by Gasteiger charge is 2.27. The van der Waals surface area contributed by atoms with Gasteiger partial charge in [0.15, 0.2) is 5.75 Å². The van der Waals surface area contributed by atoms with Crippen molar-refractivity contribution >= 4 is 41.0 Å². The Bertz CT molecular complexity index is 1510. The fourth-order valence-corrected chi connectivity index (χ4v) is 5.39. The molecule has 0 bridgehead atoms. The van der Waals surface area contributed by atoms with Gasteiger partial charge in [-0.3, -0.25) is 24.1 Å². The number of carbonyl (C=O) groups excluding carboxylic acids is 3. The molecule has 3 amide bonds. The van der Waals surface area contributed by atoms with Gasteiger partial charge >= 0.3 is 5.97 Å². The summed E-state index contributed by atoms with van der Waals surface area (Å²) in [5.74, 6) is -1.43. The van der Waals surface area contributed by atoms with Crippen molar-refractivity contribution in [3.63, 3.8) is 0 Å². The van der Waals surface area contributed by atoms with Gasteiger partial charge in [0.2, 0.25) is 0 Å². The number of carbonyl (C=O) groups is 4. The summed E-state index contributed by atoms with van der Waals surface area (Å²) in [5, 5.41) is 17.6. The van der Waals surface area contributed by atoms with Crippen LogP contribution in [0.25, 0.3) is 11.6 Å². The summed E-state index contributed by atoms with van der Waals surface area (Å²) in [6.45, 7) is 7.25. The third-order valence-corrected chi connectivity index (χ3v) is 7.50. The number of hydrogen-bond acceptors (Lipinski definition) is 7. The first-order valence-corrected chi connectivity index (χ1v) is 13.8. The van der Waals surface area contributed by atoms with Crippen molar-refractivity contribution in [2.24, 2.45) is 5.92 Å². The summed E-state index contributed by atoms with van der Waals surface area (Å²) in [4.78, 5) is 60.1. The lowest BCUT2D eigenvalue weighted by Gasteiger charge is -2.22. The monoisotopic (exact) mass is 574 g/mol. The number of carboxylic acids is 1. The molecule has 1 aliphatic carbocycles. The molecule has 1 aromatic carbocycles. The number of hydroxylamine groups is 1. The average Bonchev–Trinajstić information content (AvgIpc) is 3.65. The molecule has 12 nitrogen and oxygen atoms in total. The number of carboxylic acid groups (broad SMARTS) is 1. The third-order valence-electron chi connectivity index (χ3n) is 7.50. The fourth-order valence-electron chi connectivity index (χ4n) is 5.39. The van der Waals surface area contributed by atoms with Crippen LogP contribution in [-0.2, 0) is 14.4 Å². The number of aromatic nitrogens is 1. The molecule has 12 heteroatoms. The zero-order valence-corrected chi connectivity index (χ0v) is 23.5. The molecule has 3 aliphatic rings. The molecular formula is C30H34N6O6. The molecule has 0 saturated carbocycles. The Morgan fingerprint density at radius 3 is 2.81 bits per heavy atom. The van der Waals surface area contributed by atoms with Crippen LogP contribution in [0.4, 0.5) is 5.69 Å². The number of nitrogens with one attached hydrogen (secondary N) is 5. The van der Waals surface area contributed by atoms with Crippen LogP contribution in [0.2, 0.25) is 0 Å². The summed E-state index contributed by atoms with van der Waals surface area (Å²) in [7, 11) is 0. The lowest BCUT2D eigenvalue weighted by atomic mass is 9.95. The van der Waals surface area contributed by atoms with E-state index in [4.69, 9.17) is 9.94 Å². The van der Waals surface area contributed by atoms with E-state index < -0.39 is 5.97 Å². The second-order valence-electron chi connectivity index (χ2n) is 10.6. The third kappa shape index (κ3) is 6.45. The Hall–Kier alpha value is -4.68. The van der Waals surface area contributed by atoms with Gasteiger partial charge in [0.1, 0.15) is 0 Å². The van der Waals surface area contributed by atoms with E-state index in [-0.39, 0.29) is 36.6 Å². The van der Waals surface area contributed by atoms with Crippen molar-refractivity contribution in [3.8, 4) is 5.75 Å². The van der Waals surface area contributed by atoms with Crippen LogP contribution >= 0.6 is 0 Å². The van der Waals surface area contributed by atoms with Crippen molar-refractivity contribution in [2.75, 3.05) is 38.2 Å². The Labute approximate surface area is 242 Å². The smallest absolute Gasteiger partial charge is 0.305 e. The van der Waals surface area contributed by atoms with Crippen LogP contribution in [0.1, 0.15) is 45.7 Å². The molecule has 220 valence electrons. The standard InChI is InChI=1S/C30H34N6O6/c1-17-24(33-18(2)27(17)30(41)32-9-8-26(37)38)14-23-22-7-6-21(13-25(22)34-29(23)40)42-35-28(39)20-5-3-4-19(12-20)15-36-11-10-31-16-36/h3,5-7,12-14,19,31,33H,4,8-11,15-16H2,1-2H3,(H,32,41)(H,34,40)(H,35,39)(H,37,38)/b23-14-. The van der Waals surface area contributed by atoms with Gasteiger partial charge in [0.05, 0.1) is 23.2 Å². The molecule has 1 atom stereocenters. The molecule has 6 N–H and O–H groups in total. The van der Waals surface area contributed by atoms with E-state index in [1.165, 1.54) is 0 Å². The van der Waals surface area contributed by atoms with Gasteiger partial charge in [-0.05, 0) is 50.0 Å². The van der Waals surface area contributed by atoms with Crippen molar-refractivity contribution < 1.29 is 29.1 Å². The van der Waals surface area contributed by atoms with Crippen LogP contribution in [-0.4, -0.2) is 71.5 Å². The quantitative estimate of drug-likeness (QED) is 0.186. The minimum Gasteiger partial charge on any atom is -0.481 e. The molecule has 5 rings (SSSR count). The molecule has 2 aliphatic heterocycles. The first-order chi connectivity index (χ1) is 20.2. The lowest BCUT2D eigenvalue weighted by Crippen LogP contribution is -2.31. The number of aliphatic carboxylic acids is 1. The van der Waals surface area contributed by atoms with Crippen LogP contribution in [0.15, 0.2) is 42.0 Å². The van der Waals surface area contributed by atoms with E-state index >= 15 is 0 Å². The van der Waals surface area contributed by atoms with Gasteiger partial charge < -0.3 is 30.9 Å². The van der Waals surface area contributed by atoms with E-state index in [0.717, 1.165) is 32.7 Å². The average molecular weight is 575 g/mol. The number of hydrogen-bond donors (Lipinski definition) is 6. The lowest BCUT2D eigenvalue weighted by molar-refractivity contribution is -0.136. The number of H-pyrrole nitrogens is 1. The van der Waals surface area contributed by atoms with Gasteiger partial charge in [0, 0.05) is 61.4 Å². The highest BCUT2D eigenvalue weighted by molar-refractivity contribution is 6.35. The number of rotatable bonds is 10. The first kappa shape index (κ1) is 28.8. The minimum atomic E-state index is -0.997. The molecule has 0 spiro atoms. The molecule has 3 heterocycles. The molecular weight excluding hydrogens is 540 g/mol. The van der Waals surface area contributed by atoms with Crippen LogP contribution in [0.5, 0.6) is 5.75 Å². The zero-order valence-electron chi connectivity index (χ0n) is 23.5. The number of aryl methyl sites for hydroxylation is 1. The zero-order chi connectivity index (χ0) is 29.8. The second kappa shape index (κ2) is 12.5. The topological polar surface area (TPSA) is 165 Å². The molecule has 1 fully saturated rings. The summed E-state index contributed by atoms with van der Waals surface area (Å²) in [5.41, 5.74) is 6.87. The number of fused-ring (bicyclic) bond motifs is 1. The second-order valence-corrected chi connectivity index (χ2v) is 10.6. The Kier molecular flexibility index (Phi) is 8.55. The Morgan fingerprint density at radius 2 is 2.05 bits per heavy atom. The molecule has 1 aromatic heterocycles.